The van der Waals surface area contributed by atoms with Crippen molar-refractivity contribution in [2.75, 3.05) is 13.2 Å². The number of ether oxygens (including phenoxy) is 1. The minimum Gasteiger partial charge on any atom is -0.480 e. The number of nitrogens with one attached hydrogen (secondary N) is 1. The van der Waals surface area contributed by atoms with Gasteiger partial charge in [-0.3, -0.25) is 4.79 Å². The summed E-state index contributed by atoms with van der Waals surface area (Å²) in [6.07, 6.45) is 0.504. The topological polar surface area (TPSA) is 88.5 Å². The van der Waals surface area contributed by atoms with Gasteiger partial charge in [0.2, 0.25) is 0 Å². The van der Waals surface area contributed by atoms with E-state index < -0.39 is 17.4 Å². The number of carboxylic acid groups (broad SMARTS) is 1. The zero-order valence-corrected chi connectivity index (χ0v) is 11.6. The molecule has 1 aliphatic rings. The van der Waals surface area contributed by atoms with Crippen molar-refractivity contribution in [2.24, 2.45) is 0 Å². The molecule has 0 radical (unpaired) electrons. The molecule has 19 heavy (non-hydrogen) atoms. The number of aromatic nitrogens is 1. The van der Waals surface area contributed by atoms with Gasteiger partial charge in [-0.25, -0.2) is 9.78 Å². The molecule has 1 amide bonds. The summed E-state index contributed by atoms with van der Waals surface area (Å²) in [5.41, 5.74) is -1.08. The van der Waals surface area contributed by atoms with E-state index in [2.05, 4.69) is 26.2 Å². The van der Waals surface area contributed by atoms with E-state index in [0.717, 1.165) is 0 Å². The summed E-state index contributed by atoms with van der Waals surface area (Å²) in [5, 5.41) is 11.9. The lowest BCUT2D eigenvalue weighted by atomic mass is 9.90. The Hall–Kier alpha value is -1.47. The van der Waals surface area contributed by atoms with Crippen molar-refractivity contribution >= 4 is 27.8 Å². The Kier molecular flexibility index (Phi) is 4.16. The van der Waals surface area contributed by atoms with Gasteiger partial charge in [0, 0.05) is 26.1 Å². The van der Waals surface area contributed by atoms with Gasteiger partial charge in [0.25, 0.3) is 5.91 Å². The number of hydrogen-bond donors (Lipinski definition) is 2. The average Bonchev–Trinajstić information content (AvgIpc) is 2.39. The number of carboxylic acids is 1. The number of amides is 1. The molecule has 0 unspecified atom stereocenters. The predicted molar refractivity (Wildman–Crippen MR) is 69.8 cm³/mol. The van der Waals surface area contributed by atoms with Gasteiger partial charge in [0.1, 0.15) is 15.8 Å². The Morgan fingerprint density at radius 1 is 1.37 bits per heavy atom. The fourth-order valence-electron chi connectivity index (χ4n) is 1.93. The zero-order chi connectivity index (χ0) is 13.9. The van der Waals surface area contributed by atoms with Crippen molar-refractivity contribution in [1.29, 1.82) is 0 Å². The van der Waals surface area contributed by atoms with Crippen LogP contribution in [0.1, 0.15) is 23.3 Å². The van der Waals surface area contributed by atoms with Gasteiger partial charge in [-0.05, 0) is 28.1 Å². The van der Waals surface area contributed by atoms with Crippen molar-refractivity contribution in [3.63, 3.8) is 0 Å². The summed E-state index contributed by atoms with van der Waals surface area (Å²) in [5.74, 6) is -1.54. The minimum absolute atomic E-state index is 0.182. The number of carbonyl (C=O) groups is 2. The molecular formula is C12H13BrN2O4. The standard InChI is InChI=1S/C12H13BrN2O4/c13-9-3-1-2-8(14-9)10(16)15-12(11(17)18)4-6-19-7-5-12/h1-3H,4-7H2,(H,15,16)(H,17,18). The second-order valence-electron chi connectivity index (χ2n) is 4.30. The third-order valence-electron chi connectivity index (χ3n) is 3.06. The molecule has 1 aromatic rings. The smallest absolute Gasteiger partial charge is 0.329 e. The predicted octanol–water partition coefficient (Wildman–Crippen LogP) is 1.21. The lowest BCUT2D eigenvalue weighted by molar-refractivity contribution is -0.148. The first-order valence-electron chi connectivity index (χ1n) is 5.80. The monoisotopic (exact) mass is 328 g/mol. The number of aliphatic carboxylic acids is 1. The van der Waals surface area contributed by atoms with Crippen LogP contribution >= 0.6 is 15.9 Å². The summed E-state index contributed by atoms with van der Waals surface area (Å²) in [6.45, 7) is 0.636. The van der Waals surface area contributed by atoms with Crippen LogP contribution in [-0.4, -0.2) is 40.7 Å². The second-order valence-corrected chi connectivity index (χ2v) is 5.11. The number of carbonyl (C=O) groups excluding carboxylic acids is 1. The summed E-state index contributed by atoms with van der Waals surface area (Å²) in [4.78, 5) is 27.5. The highest BCUT2D eigenvalue weighted by atomic mass is 79.9. The molecule has 102 valence electrons. The Morgan fingerprint density at radius 2 is 2.05 bits per heavy atom. The van der Waals surface area contributed by atoms with Gasteiger partial charge < -0.3 is 15.2 Å². The van der Waals surface area contributed by atoms with Crippen LogP contribution in [0.25, 0.3) is 0 Å². The van der Waals surface area contributed by atoms with Crippen LogP contribution in [-0.2, 0) is 9.53 Å². The number of hydrogen-bond acceptors (Lipinski definition) is 4. The third kappa shape index (κ3) is 3.10. The van der Waals surface area contributed by atoms with Gasteiger partial charge in [0.15, 0.2) is 0 Å². The van der Waals surface area contributed by atoms with Crippen molar-refractivity contribution in [1.82, 2.24) is 10.3 Å². The van der Waals surface area contributed by atoms with Crippen LogP contribution in [0.3, 0.4) is 0 Å². The Morgan fingerprint density at radius 3 is 2.63 bits per heavy atom. The number of pyridine rings is 1. The first-order chi connectivity index (χ1) is 9.03. The molecule has 7 heteroatoms. The van der Waals surface area contributed by atoms with E-state index in [-0.39, 0.29) is 18.5 Å². The molecule has 2 N–H and O–H groups in total. The third-order valence-corrected chi connectivity index (χ3v) is 3.50. The highest BCUT2D eigenvalue weighted by molar-refractivity contribution is 9.10. The molecule has 0 saturated carbocycles. The van der Waals surface area contributed by atoms with Crippen LogP contribution in [0.2, 0.25) is 0 Å². The van der Waals surface area contributed by atoms with Crippen molar-refractivity contribution < 1.29 is 19.4 Å². The lowest BCUT2D eigenvalue weighted by Crippen LogP contribution is -2.57. The Bertz CT molecular complexity index is 500. The van der Waals surface area contributed by atoms with Gasteiger partial charge in [0.05, 0.1) is 0 Å². The SMILES string of the molecule is O=C(NC1(C(=O)O)CCOCC1)c1cccc(Br)n1. The molecule has 1 aliphatic heterocycles. The molecule has 0 atom stereocenters. The summed E-state index contributed by atoms with van der Waals surface area (Å²) in [7, 11) is 0. The highest BCUT2D eigenvalue weighted by Crippen LogP contribution is 2.21. The first-order valence-corrected chi connectivity index (χ1v) is 6.59. The molecule has 1 saturated heterocycles. The molecule has 6 nitrogen and oxygen atoms in total. The molecule has 0 bridgehead atoms. The molecule has 0 aliphatic carbocycles. The van der Waals surface area contributed by atoms with Gasteiger partial charge in [-0.15, -0.1) is 0 Å². The zero-order valence-electron chi connectivity index (χ0n) is 10.1. The average molecular weight is 329 g/mol. The molecule has 1 aromatic heterocycles. The molecule has 0 spiro atoms. The molecule has 2 heterocycles. The molecular weight excluding hydrogens is 316 g/mol. The van der Waals surface area contributed by atoms with Crippen molar-refractivity contribution in [3.8, 4) is 0 Å². The van der Waals surface area contributed by atoms with Gasteiger partial charge in [-0.2, -0.15) is 0 Å². The number of rotatable bonds is 3. The molecule has 1 fully saturated rings. The van der Waals surface area contributed by atoms with Crippen molar-refractivity contribution in [3.05, 3.63) is 28.5 Å². The molecule has 2 rings (SSSR count). The maximum absolute atomic E-state index is 12.1. The van der Waals surface area contributed by atoms with Crippen LogP contribution in [0.4, 0.5) is 0 Å². The quantitative estimate of drug-likeness (QED) is 0.814. The minimum atomic E-state index is -1.26. The van der Waals surface area contributed by atoms with Crippen LogP contribution in [0.15, 0.2) is 22.8 Å². The number of halogens is 1. The highest BCUT2D eigenvalue weighted by Gasteiger charge is 2.41. The largest absolute Gasteiger partial charge is 0.480 e. The van der Waals surface area contributed by atoms with E-state index in [1.54, 1.807) is 12.1 Å². The van der Waals surface area contributed by atoms with E-state index in [0.29, 0.717) is 17.8 Å². The summed E-state index contributed by atoms with van der Waals surface area (Å²) in [6, 6.07) is 4.90. The maximum Gasteiger partial charge on any atom is 0.329 e. The van der Waals surface area contributed by atoms with Crippen LogP contribution < -0.4 is 5.32 Å². The van der Waals surface area contributed by atoms with E-state index in [9.17, 15) is 14.7 Å². The van der Waals surface area contributed by atoms with E-state index in [4.69, 9.17) is 4.74 Å². The summed E-state index contributed by atoms with van der Waals surface area (Å²) < 4.78 is 5.67. The fourth-order valence-corrected chi connectivity index (χ4v) is 2.27. The van der Waals surface area contributed by atoms with Gasteiger partial charge >= 0.3 is 5.97 Å². The Balaban J connectivity index is 2.18. The maximum atomic E-state index is 12.1. The van der Waals surface area contributed by atoms with Crippen LogP contribution in [0.5, 0.6) is 0 Å². The molecule has 0 aromatic carbocycles. The van der Waals surface area contributed by atoms with Crippen molar-refractivity contribution in [2.45, 2.75) is 18.4 Å². The second kappa shape index (κ2) is 5.66. The summed E-state index contributed by atoms with van der Waals surface area (Å²) >= 11 is 3.17. The first kappa shape index (κ1) is 14.0. The van der Waals surface area contributed by atoms with E-state index in [1.807, 2.05) is 0 Å². The van der Waals surface area contributed by atoms with E-state index in [1.165, 1.54) is 6.07 Å². The lowest BCUT2D eigenvalue weighted by Gasteiger charge is -2.33. The number of nitrogens with zero attached hydrogens (tertiary/aromatic N) is 1. The van der Waals surface area contributed by atoms with Gasteiger partial charge in [-0.1, -0.05) is 6.07 Å². The van der Waals surface area contributed by atoms with E-state index >= 15 is 0 Å². The Labute approximate surface area is 118 Å². The van der Waals surface area contributed by atoms with Crippen LogP contribution in [0, 0.1) is 0 Å². The fraction of sp³-hybridized carbons (Fsp3) is 0.417. The normalized spacial score (nSPS) is 17.7.